The number of ether oxygens (including phenoxy) is 1. The van der Waals surface area contributed by atoms with Crippen molar-refractivity contribution in [3.63, 3.8) is 0 Å². The third-order valence-corrected chi connectivity index (χ3v) is 1.79. The molecule has 1 N–H and O–H groups in total. The first kappa shape index (κ1) is 10.5. The van der Waals surface area contributed by atoms with Gasteiger partial charge in [-0.1, -0.05) is 6.07 Å². The molecular weight excluding hydrogens is 187 g/mol. The van der Waals surface area contributed by atoms with Crippen LogP contribution in [0.4, 0.5) is 4.39 Å². The van der Waals surface area contributed by atoms with Crippen molar-refractivity contribution in [3.05, 3.63) is 29.3 Å². The van der Waals surface area contributed by atoms with E-state index < -0.39 is 12.6 Å². The molecule has 0 aliphatic carbocycles. The first-order valence-electron chi connectivity index (χ1n) is 4.18. The highest BCUT2D eigenvalue weighted by atomic mass is 19.1. The molecule has 1 aromatic carbocycles. The highest BCUT2D eigenvalue weighted by molar-refractivity contribution is 5.89. The van der Waals surface area contributed by atoms with Gasteiger partial charge in [0.1, 0.15) is 19.0 Å². The SMILES string of the molecule is Cc1ccc(OCCF)cc1C(=O)O. The second-order valence-corrected chi connectivity index (χ2v) is 2.82. The molecule has 0 saturated carbocycles. The summed E-state index contributed by atoms with van der Waals surface area (Å²) < 4.78 is 16.7. The van der Waals surface area contributed by atoms with E-state index in [0.29, 0.717) is 11.3 Å². The number of aryl methyl sites for hydroxylation is 1. The zero-order chi connectivity index (χ0) is 10.6. The van der Waals surface area contributed by atoms with E-state index in [4.69, 9.17) is 9.84 Å². The maximum Gasteiger partial charge on any atom is 0.336 e. The van der Waals surface area contributed by atoms with E-state index in [9.17, 15) is 9.18 Å². The Kier molecular flexibility index (Phi) is 3.45. The highest BCUT2D eigenvalue weighted by Gasteiger charge is 2.07. The third-order valence-electron chi connectivity index (χ3n) is 1.79. The number of hydrogen-bond acceptors (Lipinski definition) is 2. The van der Waals surface area contributed by atoms with Crippen molar-refractivity contribution >= 4 is 5.97 Å². The molecule has 0 spiro atoms. The van der Waals surface area contributed by atoms with E-state index in [1.54, 1.807) is 19.1 Å². The molecule has 0 fully saturated rings. The van der Waals surface area contributed by atoms with E-state index in [1.165, 1.54) is 6.07 Å². The molecule has 3 nitrogen and oxygen atoms in total. The van der Waals surface area contributed by atoms with Crippen LogP contribution in [-0.4, -0.2) is 24.4 Å². The molecule has 4 heteroatoms. The van der Waals surface area contributed by atoms with Crippen molar-refractivity contribution in [2.45, 2.75) is 6.92 Å². The van der Waals surface area contributed by atoms with Crippen molar-refractivity contribution in [3.8, 4) is 5.75 Å². The maximum atomic E-state index is 11.8. The molecule has 0 unspecified atom stereocenters. The summed E-state index contributed by atoms with van der Waals surface area (Å²) in [7, 11) is 0. The number of carboxylic acids is 1. The fraction of sp³-hybridized carbons (Fsp3) is 0.300. The first-order valence-corrected chi connectivity index (χ1v) is 4.18. The molecule has 0 bridgehead atoms. The van der Waals surface area contributed by atoms with Gasteiger partial charge in [0, 0.05) is 0 Å². The summed E-state index contributed by atoms with van der Waals surface area (Å²) in [5.41, 5.74) is 0.839. The van der Waals surface area contributed by atoms with E-state index in [2.05, 4.69) is 0 Å². The molecular formula is C10H11FO3. The van der Waals surface area contributed by atoms with Gasteiger partial charge in [-0.2, -0.15) is 0 Å². The zero-order valence-corrected chi connectivity index (χ0v) is 7.79. The summed E-state index contributed by atoms with van der Waals surface area (Å²) >= 11 is 0. The summed E-state index contributed by atoms with van der Waals surface area (Å²) in [6, 6.07) is 4.65. The minimum atomic E-state index is -1.01. The molecule has 1 aromatic rings. The van der Waals surface area contributed by atoms with Crippen LogP contribution < -0.4 is 4.74 Å². The zero-order valence-electron chi connectivity index (χ0n) is 7.79. The van der Waals surface area contributed by atoms with Crippen molar-refractivity contribution in [2.75, 3.05) is 13.3 Å². The van der Waals surface area contributed by atoms with Crippen LogP contribution in [0.2, 0.25) is 0 Å². The van der Waals surface area contributed by atoms with Crippen LogP contribution >= 0.6 is 0 Å². The molecule has 0 aliphatic heterocycles. The Morgan fingerprint density at radius 2 is 2.29 bits per heavy atom. The quantitative estimate of drug-likeness (QED) is 0.805. The smallest absolute Gasteiger partial charge is 0.336 e. The molecule has 0 radical (unpaired) electrons. The fourth-order valence-electron chi connectivity index (χ4n) is 1.08. The minimum absolute atomic E-state index is 0.0535. The first-order chi connectivity index (χ1) is 6.65. The monoisotopic (exact) mass is 198 g/mol. The summed E-state index contributed by atoms with van der Waals surface area (Å²) in [6.45, 7) is 1.06. The number of benzene rings is 1. The van der Waals surface area contributed by atoms with Gasteiger partial charge in [-0.3, -0.25) is 0 Å². The van der Waals surface area contributed by atoms with E-state index in [-0.39, 0.29) is 12.2 Å². The van der Waals surface area contributed by atoms with Crippen LogP contribution in [0.1, 0.15) is 15.9 Å². The lowest BCUT2D eigenvalue weighted by Gasteiger charge is -2.06. The fourth-order valence-corrected chi connectivity index (χ4v) is 1.08. The average Bonchev–Trinajstić information content (AvgIpc) is 2.16. The summed E-state index contributed by atoms with van der Waals surface area (Å²) in [6.07, 6.45) is 0. The lowest BCUT2D eigenvalue weighted by Crippen LogP contribution is -2.03. The molecule has 1 rings (SSSR count). The molecule has 0 heterocycles. The van der Waals surface area contributed by atoms with Crippen LogP contribution in [0.5, 0.6) is 5.75 Å². The van der Waals surface area contributed by atoms with Gasteiger partial charge in [0.05, 0.1) is 5.56 Å². The Labute approximate surface area is 81.1 Å². The lowest BCUT2D eigenvalue weighted by molar-refractivity contribution is 0.0695. The van der Waals surface area contributed by atoms with Crippen molar-refractivity contribution in [2.24, 2.45) is 0 Å². The third kappa shape index (κ3) is 2.45. The molecule has 0 atom stereocenters. The number of carbonyl (C=O) groups is 1. The minimum Gasteiger partial charge on any atom is -0.491 e. The Hall–Kier alpha value is -1.58. The Balaban J connectivity index is 2.89. The predicted octanol–water partition coefficient (Wildman–Crippen LogP) is 2.04. The highest BCUT2D eigenvalue weighted by Crippen LogP contribution is 2.17. The average molecular weight is 198 g/mol. The van der Waals surface area contributed by atoms with Gasteiger partial charge >= 0.3 is 5.97 Å². The number of alkyl halides is 1. The molecule has 14 heavy (non-hydrogen) atoms. The van der Waals surface area contributed by atoms with Crippen LogP contribution in [0.15, 0.2) is 18.2 Å². The second-order valence-electron chi connectivity index (χ2n) is 2.82. The molecule has 0 saturated heterocycles. The molecule has 76 valence electrons. The number of rotatable bonds is 4. The standard InChI is InChI=1S/C10H11FO3/c1-7-2-3-8(14-5-4-11)6-9(7)10(12)13/h2-3,6H,4-5H2,1H3,(H,12,13). The molecule has 0 amide bonds. The summed E-state index contributed by atoms with van der Waals surface area (Å²) in [5.74, 6) is -0.626. The van der Waals surface area contributed by atoms with Gasteiger partial charge in [0.2, 0.25) is 0 Å². The number of carboxylic acid groups (broad SMARTS) is 1. The number of halogens is 1. The van der Waals surface area contributed by atoms with E-state index in [1.807, 2.05) is 0 Å². The van der Waals surface area contributed by atoms with Crippen molar-refractivity contribution in [1.29, 1.82) is 0 Å². The summed E-state index contributed by atoms with van der Waals surface area (Å²) in [5, 5.41) is 8.79. The predicted molar refractivity (Wildman–Crippen MR) is 49.6 cm³/mol. The van der Waals surface area contributed by atoms with Gasteiger partial charge < -0.3 is 9.84 Å². The van der Waals surface area contributed by atoms with E-state index >= 15 is 0 Å². The Morgan fingerprint density at radius 1 is 1.57 bits per heavy atom. The van der Waals surface area contributed by atoms with Gasteiger partial charge in [-0.15, -0.1) is 0 Å². The number of hydrogen-bond donors (Lipinski definition) is 1. The topological polar surface area (TPSA) is 46.5 Å². The van der Waals surface area contributed by atoms with Gasteiger partial charge in [-0.05, 0) is 24.6 Å². The Bertz CT molecular complexity index is 336. The van der Waals surface area contributed by atoms with Crippen molar-refractivity contribution < 1.29 is 19.0 Å². The van der Waals surface area contributed by atoms with Crippen LogP contribution in [0.3, 0.4) is 0 Å². The van der Waals surface area contributed by atoms with Crippen LogP contribution in [0, 0.1) is 6.92 Å². The maximum absolute atomic E-state index is 11.8. The number of aromatic carboxylic acids is 1. The molecule has 0 aromatic heterocycles. The summed E-state index contributed by atoms with van der Waals surface area (Å²) in [4.78, 5) is 10.7. The largest absolute Gasteiger partial charge is 0.491 e. The van der Waals surface area contributed by atoms with Crippen LogP contribution in [-0.2, 0) is 0 Å². The second kappa shape index (κ2) is 4.60. The lowest BCUT2D eigenvalue weighted by atomic mass is 10.1. The van der Waals surface area contributed by atoms with Gasteiger partial charge in [0.15, 0.2) is 0 Å². The molecule has 0 aliphatic rings. The van der Waals surface area contributed by atoms with Crippen molar-refractivity contribution in [1.82, 2.24) is 0 Å². The Morgan fingerprint density at radius 3 is 2.86 bits per heavy atom. The normalized spacial score (nSPS) is 9.86. The van der Waals surface area contributed by atoms with Gasteiger partial charge in [0.25, 0.3) is 0 Å². The van der Waals surface area contributed by atoms with Gasteiger partial charge in [-0.25, -0.2) is 9.18 Å². The van der Waals surface area contributed by atoms with E-state index in [0.717, 1.165) is 0 Å². The van der Waals surface area contributed by atoms with Crippen LogP contribution in [0.25, 0.3) is 0 Å².